The fraction of sp³-hybridized carbons (Fsp3) is 0.571. The van der Waals surface area contributed by atoms with Crippen LogP contribution in [0, 0.1) is 5.92 Å². The molecule has 0 radical (unpaired) electrons. The molecule has 1 aromatic carbocycles. The number of hydrogen-bond acceptors (Lipinski definition) is 3. The first-order chi connectivity index (χ1) is 8.34. The number of rotatable bonds is 5. The van der Waals surface area contributed by atoms with Crippen LogP contribution in [-0.4, -0.2) is 19.8 Å². The molecule has 0 saturated carbocycles. The Morgan fingerprint density at radius 2 is 1.88 bits per heavy atom. The summed E-state index contributed by atoms with van der Waals surface area (Å²) in [5.41, 5.74) is 7.77. The zero-order valence-electron chi connectivity index (χ0n) is 10.3. The van der Waals surface area contributed by atoms with Gasteiger partial charge in [-0.05, 0) is 49.4 Å². The Morgan fingerprint density at radius 3 is 2.59 bits per heavy atom. The first-order valence-electron chi connectivity index (χ1n) is 6.47. The fourth-order valence-corrected chi connectivity index (χ4v) is 2.21. The van der Waals surface area contributed by atoms with Crippen molar-refractivity contribution < 1.29 is 4.74 Å². The summed E-state index contributed by atoms with van der Waals surface area (Å²) in [6, 6.07) is 8.07. The molecule has 0 amide bonds. The molecule has 0 aromatic heterocycles. The molecule has 0 bridgehead atoms. The van der Waals surface area contributed by atoms with E-state index in [0.29, 0.717) is 0 Å². The van der Waals surface area contributed by atoms with Gasteiger partial charge in [-0.1, -0.05) is 12.1 Å². The van der Waals surface area contributed by atoms with Crippen molar-refractivity contribution in [1.82, 2.24) is 5.32 Å². The van der Waals surface area contributed by atoms with E-state index in [2.05, 4.69) is 17.4 Å². The Morgan fingerprint density at radius 1 is 1.18 bits per heavy atom. The van der Waals surface area contributed by atoms with Crippen molar-refractivity contribution in [2.45, 2.75) is 25.8 Å². The standard InChI is InChI=1S/C14H22N2O/c15-14-3-1-13(2-4-14)11-16-8-5-12-6-9-17-10-7-12/h1-4,12,16H,5-11,15H2. The lowest BCUT2D eigenvalue weighted by atomic mass is 9.97. The number of anilines is 1. The molecule has 1 saturated heterocycles. The Kier molecular flexibility index (Phi) is 4.83. The average Bonchev–Trinajstić information content (AvgIpc) is 2.38. The second-order valence-corrected chi connectivity index (χ2v) is 4.76. The summed E-state index contributed by atoms with van der Waals surface area (Å²) in [6.07, 6.45) is 3.71. The van der Waals surface area contributed by atoms with Crippen LogP contribution in [0.5, 0.6) is 0 Å². The summed E-state index contributed by atoms with van der Waals surface area (Å²) in [4.78, 5) is 0. The minimum absolute atomic E-state index is 0.830. The molecular weight excluding hydrogens is 212 g/mol. The summed E-state index contributed by atoms with van der Waals surface area (Å²) >= 11 is 0. The highest BCUT2D eigenvalue weighted by Gasteiger charge is 2.12. The molecule has 1 aliphatic heterocycles. The zero-order chi connectivity index (χ0) is 11.9. The maximum absolute atomic E-state index is 5.65. The van der Waals surface area contributed by atoms with Crippen LogP contribution in [0.15, 0.2) is 24.3 Å². The summed E-state index contributed by atoms with van der Waals surface area (Å²) in [5, 5.41) is 3.49. The maximum atomic E-state index is 5.65. The van der Waals surface area contributed by atoms with Gasteiger partial charge in [0.1, 0.15) is 0 Å². The minimum Gasteiger partial charge on any atom is -0.399 e. The average molecular weight is 234 g/mol. The van der Waals surface area contributed by atoms with E-state index >= 15 is 0 Å². The van der Waals surface area contributed by atoms with Gasteiger partial charge >= 0.3 is 0 Å². The number of nitrogens with one attached hydrogen (secondary N) is 1. The van der Waals surface area contributed by atoms with E-state index in [9.17, 15) is 0 Å². The van der Waals surface area contributed by atoms with E-state index in [-0.39, 0.29) is 0 Å². The molecule has 0 atom stereocenters. The molecular formula is C14H22N2O. The van der Waals surface area contributed by atoms with Crippen LogP contribution >= 0.6 is 0 Å². The normalized spacial score (nSPS) is 17.2. The van der Waals surface area contributed by atoms with Gasteiger partial charge in [0.25, 0.3) is 0 Å². The molecule has 1 aliphatic rings. The van der Waals surface area contributed by atoms with Crippen molar-refractivity contribution in [2.24, 2.45) is 5.92 Å². The molecule has 3 N–H and O–H groups in total. The van der Waals surface area contributed by atoms with E-state index in [0.717, 1.165) is 37.9 Å². The van der Waals surface area contributed by atoms with Crippen LogP contribution < -0.4 is 11.1 Å². The molecule has 94 valence electrons. The monoisotopic (exact) mass is 234 g/mol. The van der Waals surface area contributed by atoms with Crippen LogP contribution in [0.3, 0.4) is 0 Å². The number of ether oxygens (including phenoxy) is 1. The third kappa shape index (κ3) is 4.36. The van der Waals surface area contributed by atoms with Crippen molar-refractivity contribution in [3.05, 3.63) is 29.8 Å². The third-order valence-corrected chi connectivity index (χ3v) is 3.38. The van der Waals surface area contributed by atoms with Crippen LogP contribution in [-0.2, 0) is 11.3 Å². The lowest BCUT2D eigenvalue weighted by molar-refractivity contribution is 0.0639. The first kappa shape index (κ1) is 12.4. The molecule has 0 aliphatic carbocycles. The lowest BCUT2D eigenvalue weighted by Gasteiger charge is -2.21. The highest BCUT2D eigenvalue weighted by Crippen LogP contribution is 2.17. The van der Waals surface area contributed by atoms with Gasteiger partial charge in [0.05, 0.1) is 0 Å². The van der Waals surface area contributed by atoms with E-state index in [1.165, 1.54) is 24.8 Å². The quantitative estimate of drug-likeness (QED) is 0.606. The van der Waals surface area contributed by atoms with Gasteiger partial charge in [-0.15, -0.1) is 0 Å². The molecule has 1 fully saturated rings. The molecule has 1 heterocycles. The fourth-order valence-electron chi connectivity index (χ4n) is 2.21. The van der Waals surface area contributed by atoms with E-state index < -0.39 is 0 Å². The Labute approximate surface area is 103 Å². The molecule has 0 spiro atoms. The van der Waals surface area contributed by atoms with Crippen LogP contribution in [0.1, 0.15) is 24.8 Å². The van der Waals surface area contributed by atoms with Crippen LogP contribution in [0.25, 0.3) is 0 Å². The summed E-state index contributed by atoms with van der Waals surface area (Å²) in [6.45, 7) is 3.92. The number of nitrogens with two attached hydrogens (primary N) is 1. The van der Waals surface area contributed by atoms with Crippen LogP contribution in [0.4, 0.5) is 5.69 Å². The Hall–Kier alpha value is -1.06. The topological polar surface area (TPSA) is 47.3 Å². The van der Waals surface area contributed by atoms with E-state index in [1.54, 1.807) is 0 Å². The minimum atomic E-state index is 0.830. The largest absolute Gasteiger partial charge is 0.399 e. The predicted molar refractivity (Wildman–Crippen MR) is 70.7 cm³/mol. The second-order valence-electron chi connectivity index (χ2n) is 4.76. The van der Waals surface area contributed by atoms with Crippen molar-refractivity contribution in [2.75, 3.05) is 25.5 Å². The van der Waals surface area contributed by atoms with Gasteiger partial charge in [-0.3, -0.25) is 0 Å². The predicted octanol–water partition coefficient (Wildman–Crippen LogP) is 2.18. The van der Waals surface area contributed by atoms with Gasteiger partial charge in [0.15, 0.2) is 0 Å². The smallest absolute Gasteiger partial charge is 0.0468 e. The molecule has 1 aromatic rings. The number of benzene rings is 1. The van der Waals surface area contributed by atoms with Gasteiger partial charge in [-0.25, -0.2) is 0 Å². The van der Waals surface area contributed by atoms with E-state index in [4.69, 9.17) is 10.5 Å². The second kappa shape index (κ2) is 6.62. The van der Waals surface area contributed by atoms with Gasteiger partial charge in [0.2, 0.25) is 0 Å². The van der Waals surface area contributed by atoms with Crippen molar-refractivity contribution >= 4 is 5.69 Å². The highest BCUT2D eigenvalue weighted by molar-refractivity contribution is 5.39. The van der Waals surface area contributed by atoms with E-state index in [1.807, 2.05) is 12.1 Å². The van der Waals surface area contributed by atoms with Gasteiger partial charge in [-0.2, -0.15) is 0 Å². The molecule has 0 unspecified atom stereocenters. The molecule has 17 heavy (non-hydrogen) atoms. The van der Waals surface area contributed by atoms with Gasteiger partial charge in [0, 0.05) is 25.4 Å². The highest BCUT2D eigenvalue weighted by atomic mass is 16.5. The zero-order valence-corrected chi connectivity index (χ0v) is 10.3. The summed E-state index contributed by atoms with van der Waals surface area (Å²) in [7, 11) is 0. The number of nitrogen functional groups attached to an aromatic ring is 1. The first-order valence-corrected chi connectivity index (χ1v) is 6.47. The van der Waals surface area contributed by atoms with Crippen molar-refractivity contribution in [1.29, 1.82) is 0 Å². The molecule has 2 rings (SSSR count). The summed E-state index contributed by atoms with van der Waals surface area (Å²) in [5.74, 6) is 0.850. The van der Waals surface area contributed by atoms with Crippen molar-refractivity contribution in [3.63, 3.8) is 0 Å². The molecule has 3 nitrogen and oxygen atoms in total. The Bertz CT molecular complexity index is 317. The SMILES string of the molecule is Nc1ccc(CNCCC2CCOCC2)cc1. The number of hydrogen-bond donors (Lipinski definition) is 2. The maximum Gasteiger partial charge on any atom is 0.0468 e. The van der Waals surface area contributed by atoms with Gasteiger partial charge < -0.3 is 15.8 Å². The lowest BCUT2D eigenvalue weighted by Crippen LogP contribution is -2.22. The Balaban J connectivity index is 1.60. The summed E-state index contributed by atoms with van der Waals surface area (Å²) < 4.78 is 5.35. The molecule has 3 heteroatoms. The third-order valence-electron chi connectivity index (χ3n) is 3.38. The van der Waals surface area contributed by atoms with Crippen LogP contribution in [0.2, 0.25) is 0 Å². The van der Waals surface area contributed by atoms with Crippen molar-refractivity contribution in [3.8, 4) is 0 Å².